The zero-order valence-corrected chi connectivity index (χ0v) is 15.0. The SMILES string of the molecule is COc1c(CN)nn(-c2ccc(Cl)cc2Cl)c1-c1ccc(Cl)cc1. The van der Waals surface area contributed by atoms with Crippen LogP contribution >= 0.6 is 34.8 Å². The number of ether oxygens (including phenoxy) is 1. The Morgan fingerprint density at radius 3 is 2.29 bits per heavy atom. The van der Waals surface area contributed by atoms with Crippen molar-refractivity contribution in [1.82, 2.24) is 9.78 Å². The molecular formula is C17H14Cl3N3O. The fraction of sp³-hybridized carbons (Fsp3) is 0.118. The van der Waals surface area contributed by atoms with E-state index in [1.807, 2.05) is 12.1 Å². The Morgan fingerprint density at radius 2 is 1.71 bits per heavy atom. The zero-order chi connectivity index (χ0) is 17.3. The van der Waals surface area contributed by atoms with Crippen LogP contribution in [-0.4, -0.2) is 16.9 Å². The molecule has 2 aromatic carbocycles. The van der Waals surface area contributed by atoms with Gasteiger partial charge in [-0.1, -0.05) is 46.9 Å². The minimum absolute atomic E-state index is 0.238. The molecule has 0 unspecified atom stereocenters. The molecule has 0 saturated carbocycles. The Balaban J connectivity index is 2.29. The van der Waals surface area contributed by atoms with Gasteiger partial charge in [0.1, 0.15) is 11.4 Å². The van der Waals surface area contributed by atoms with Gasteiger partial charge in [-0.2, -0.15) is 5.10 Å². The van der Waals surface area contributed by atoms with Crippen LogP contribution in [0.3, 0.4) is 0 Å². The van der Waals surface area contributed by atoms with Crippen molar-refractivity contribution in [3.05, 3.63) is 63.2 Å². The molecule has 0 bridgehead atoms. The fourth-order valence-corrected chi connectivity index (χ4v) is 3.10. The molecule has 0 amide bonds. The normalized spacial score (nSPS) is 10.9. The van der Waals surface area contributed by atoms with Crippen molar-refractivity contribution in [2.24, 2.45) is 5.73 Å². The Morgan fingerprint density at radius 1 is 1.04 bits per heavy atom. The van der Waals surface area contributed by atoms with Crippen LogP contribution in [0.5, 0.6) is 5.75 Å². The molecule has 0 aliphatic heterocycles. The van der Waals surface area contributed by atoms with E-state index in [9.17, 15) is 0 Å². The van der Waals surface area contributed by atoms with E-state index in [1.54, 1.807) is 42.1 Å². The fourth-order valence-electron chi connectivity index (χ4n) is 2.49. The van der Waals surface area contributed by atoms with Crippen LogP contribution in [0.25, 0.3) is 16.9 Å². The van der Waals surface area contributed by atoms with Gasteiger partial charge >= 0.3 is 0 Å². The highest BCUT2D eigenvalue weighted by Gasteiger charge is 2.21. The lowest BCUT2D eigenvalue weighted by Crippen LogP contribution is -2.02. The average molecular weight is 383 g/mol. The third-order valence-electron chi connectivity index (χ3n) is 3.56. The van der Waals surface area contributed by atoms with Crippen molar-refractivity contribution in [2.45, 2.75) is 6.54 Å². The van der Waals surface area contributed by atoms with Crippen LogP contribution in [0.2, 0.25) is 15.1 Å². The molecule has 0 spiro atoms. The summed E-state index contributed by atoms with van der Waals surface area (Å²) in [4.78, 5) is 0. The van der Waals surface area contributed by atoms with Gasteiger partial charge in [0, 0.05) is 22.2 Å². The van der Waals surface area contributed by atoms with Crippen molar-refractivity contribution in [1.29, 1.82) is 0 Å². The first-order valence-corrected chi connectivity index (χ1v) is 8.26. The summed E-state index contributed by atoms with van der Waals surface area (Å²) in [7, 11) is 1.59. The molecule has 3 rings (SSSR count). The number of rotatable bonds is 4. The van der Waals surface area contributed by atoms with E-state index in [1.165, 1.54) is 0 Å². The molecule has 3 aromatic rings. The van der Waals surface area contributed by atoms with Crippen LogP contribution in [0.15, 0.2) is 42.5 Å². The number of nitrogens with zero attached hydrogens (tertiary/aromatic N) is 2. The number of halogens is 3. The highest BCUT2D eigenvalue weighted by molar-refractivity contribution is 6.35. The molecule has 1 aromatic heterocycles. The van der Waals surface area contributed by atoms with Crippen LogP contribution < -0.4 is 10.5 Å². The van der Waals surface area contributed by atoms with E-state index in [0.29, 0.717) is 32.2 Å². The predicted molar refractivity (Wildman–Crippen MR) is 98.5 cm³/mol. The first-order valence-electron chi connectivity index (χ1n) is 7.12. The lowest BCUT2D eigenvalue weighted by Gasteiger charge is -2.11. The number of methoxy groups -OCH3 is 1. The smallest absolute Gasteiger partial charge is 0.169 e. The van der Waals surface area contributed by atoms with E-state index in [4.69, 9.17) is 45.3 Å². The quantitative estimate of drug-likeness (QED) is 0.693. The topological polar surface area (TPSA) is 53.1 Å². The Bertz CT molecular complexity index is 876. The summed E-state index contributed by atoms with van der Waals surface area (Å²) in [6, 6.07) is 12.6. The molecule has 0 radical (unpaired) electrons. The van der Waals surface area contributed by atoms with Crippen molar-refractivity contribution in [3.63, 3.8) is 0 Å². The van der Waals surface area contributed by atoms with Crippen molar-refractivity contribution >= 4 is 34.8 Å². The van der Waals surface area contributed by atoms with Crippen LogP contribution in [0.4, 0.5) is 0 Å². The largest absolute Gasteiger partial charge is 0.492 e. The standard InChI is InChI=1S/C17H14Cl3N3O/c1-24-17-14(9-21)22-23(15-7-6-12(19)8-13(15)20)16(17)10-2-4-11(18)5-3-10/h2-8H,9,21H2,1H3. The summed E-state index contributed by atoms with van der Waals surface area (Å²) in [5, 5.41) is 6.24. The maximum Gasteiger partial charge on any atom is 0.169 e. The van der Waals surface area contributed by atoms with E-state index < -0.39 is 0 Å². The molecule has 2 N–H and O–H groups in total. The van der Waals surface area contributed by atoms with Crippen LogP contribution in [0, 0.1) is 0 Å². The molecular weight excluding hydrogens is 369 g/mol. The molecule has 0 aliphatic rings. The minimum atomic E-state index is 0.238. The maximum absolute atomic E-state index is 6.36. The van der Waals surface area contributed by atoms with Gasteiger partial charge in [0.25, 0.3) is 0 Å². The second-order valence-corrected chi connectivity index (χ2v) is 6.33. The van der Waals surface area contributed by atoms with Gasteiger partial charge in [-0.05, 0) is 30.3 Å². The van der Waals surface area contributed by atoms with Crippen molar-refractivity contribution in [3.8, 4) is 22.7 Å². The summed E-state index contributed by atoms with van der Waals surface area (Å²) >= 11 is 18.3. The Labute approximate surface area is 154 Å². The summed E-state index contributed by atoms with van der Waals surface area (Å²) in [6.07, 6.45) is 0. The third-order valence-corrected chi connectivity index (χ3v) is 4.35. The molecule has 0 aliphatic carbocycles. The molecule has 7 heteroatoms. The summed E-state index contributed by atoms with van der Waals surface area (Å²) in [6.45, 7) is 0.238. The lowest BCUT2D eigenvalue weighted by atomic mass is 10.1. The van der Waals surface area contributed by atoms with Crippen molar-refractivity contribution in [2.75, 3.05) is 7.11 Å². The first-order chi connectivity index (χ1) is 11.5. The molecule has 0 saturated heterocycles. The lowest BCUT2D eigenvalue weighted by molar-refractivity contribution is 0.411. The van der Waals surface area contributed by atoms with Gasteiger partial charge in [-0.3, -0.25) is 0 Å². The minimum Gasteiger partial charge on any atom is -0.492 e. The van der Waals surface area contributed by atoms with E-state index in [2.05, 4.69) is 5.10 Å². The van der Waals surface area contributed by atoms with Crippen LogP contribution in [-0.2, 0) is 6.54 Å². The highest BCUT2D eigenvalue weighted by atomic mass is 35.5. The number of benzene rings is 2. The predicted octanol–water partition coefficient (Wildman–Crippen LogP) is 4.97. The number of nitrogens with two attached hydrogens (primary N) is 1. The second kappa shape index (κ2) is 7.03. The molecule has 124 valence electrons. The van der Waals surface area contributed by atoms with Gasteiger partial charge < -0.3 is 10.5 Å². The second-order valence-electron chi connectivity index (χ2n) is 5.05. The third kappa shape index (κ3) is 3.10. The van der Waals surface area contributed by atoms with Crippen LogP contribution in [0.1, 0.15) is 5.69 Å². The van der Waals surface area contributed by atoms with E-state index >= 15 is 0 Å². The van der Waals surface area contributed by atoms with E-state index in [0.717, 1.165) is 11.3 Å². The Hall–Kier alpha value is -1.72. The van der Waals surface area contributed by atoms with Gasteiger partial charge in [0.2, 0.25) is 0 Å². The molecule has 4 nitrogen and oxygen atoms in total. The average Bonchev–Trinajstić information content (AvgIpc) is 2.94. The van der Waals surface area contributed by atoms with Crippen molar-refractivity contribution < 1.29 is 4.74 Å². The monoisotopic (exact) mass is 381 g/mol. The zero-order valence-electron chi connectivity index (χ0n) is 12.8. The molecule has 0 fully saturated rings. The van der Waals surface area contributed by atoms with Gasteiger partial charge in [0.05, 0.1) is 17.8 Å². The molecule has 1 heterocycles. The molecule has 0 atom stereocenters. The van der Waals surface area contributed by atoms with Gasteiger partial charge in [-0.25, -0.2) is 4.68 Å². The summed E-state index contributed by atoms with van der Waals surface area (Å²) in [5.74, 6) is 0.603. The number of aromatic nitrogens is 2. The maximum atomic E-state index is 6.36. The Kier molecular flexibility index (Phi) is 5.01. The van der Waals surface area contributed by atoms with E-state index in [-0.39, 0.29) is 6.54 Å². The first kappa shape index (κ1) is 17.1. The summed E-state index contributed by atoms with van der Waals surface area (Å²) in [5.41, 5.74) is 8.77. The van der Waals surface area contributed by atoms with Gasteiger partial charge in [-0.15, -0.1) is 0 Å². The van der Waals surface area contributed by atoms with Gasteiger partial charge in [0.15, 0.2) is 5.75 Å². The summed E-state index contributed by atoms with van der Waals surface area (Å²) < 4.78 is 7.26. The molecule has 24 heavy (non-hydrogen) atoms. The number of hydrogen-bond donors (Lipinski definition) is 1. The highest BCUT2D eigenvalue weighted by Crippen LogP contribution is 2.37. The number of hydrogen-bond acceptors (Lipinski definition) is 3.